The fourth-order valence-electron chi connectivity index (χ4n) is 2.26. The van der Waals surface area contributed by atoms with Crippen LogP contribution in [0, 0.1) is 0 Å². The summed E-state index contributed by atoms with van der Waals surface area (Å²) in [5.74, 6) is -3.10. The Balaban J connectivity index is 1.88. The number of carbonyl (C=O) groups is 2. The minimum Gasteiger partial charge on any atom is -0.506 e. The Hall–Kier alpha value is -3.68. The molecule has 0 amide bonds. The Bertz CT molecular complexity index is 832. The van der Waals surface area contributed by atoms with Gasteiger partial charge in [0.1, 0.15) is 22.6 Å². The predicted molar refractivity (Wildman–Crippen MR) is 99.7 cm³/mol. The maximum absolute atomic E-state index is 11.0. The maximum atomic E-state index is 11.0. The van der Waals surface area contributed by atoms with Crippen molar-refractivity contribution in [3.8, 4) is 11.5 Å². The minimum atomic E-state index is -1.22. The van der Waals surface area contributed by atoms with Gasteiger partial charge in [0.15, 0.2) is 0 Å². The highest BCUT2D eigenvalue weighted by molar-refractivity contribution is 5.96. The first-order chi connectivity index (χ1) is 12.9. The van der Waals surface area contributed by atoms with Crippen molar-refractivity contribution in [2.24, 2.45) is 9.98 Å². The third kappa shape index (κ3) is 5.15. The van der Waals surface area contributed by atoms with Gasteiger partial charge in [-0.1, -0.05) is 12.1 Å². The van der Waals surface area contributed by atoms with E-state index < -0.39 is 11.9 Å². The SMILES string of the molecule is O=C(O)c1cccc(C=NCCCN=Cc2cccc(C(=O)O)c2O)c1O. The van der Waals surface area contributed by atoms with Gasteiger partial charge in [0.2, 0.25) is 0 Å². The summed E-state index contributed by atoms with van der Waals surface area (Å²) in [4.78, 5) is 30.1. The smallest absolute Gasteiger partial charge is 0.339 e. The number of aromatic carboxylic acids is 2. The van der Waals surface area contributed by atoms with Gasteiger partial charge in [0, 0.05) is 36.6 Å². The third-order valence-electron chi connectivity index (χ3n) is 3.63. The Morgan fingerprint density at radius 2 is 1.19 bits per heavy atom. The summed E-state index contributed by atoms with van der Waals surface area (Å²) in [5, 5.41) is 37.6. The van der Waals surface area contributed by atoms with Crippen LogP contribution in [0.5, 0.6) is 11.5 Å². The molecule has 0 fully saturated rings. The molecule has 2 aromatic rings. The summed E-state index contributed by atoms with van der Waals surface area (Å²) in [5.41, 5.74) is 0.251. The molecule has 0 unspecified atom stereocenters. The lowest BCUT2D eigenvalue weighted by molar-refractivity contribution is 0.0682. The average Bonchev–Trinajstić information content (AvgIpc) is 2.62. The van der Waals surface area contributed by atoms with Crippen molar-refractivity contribution in [1.29, 1.82) is 0 Å². The van der Waals surface area contributed by atoms with Gasteiger partial charge < -0.3 is 20.4 Å². The number of hydrogen-bond acceptors (Lipinski definition) is 6. The number of hydrogen-bond donors (Lipinski definition) is 4. The van der Waals surface area contributed by atoms with Crippen LogP contribution in [0.2, 0.25) is 0 Å². The molecule has 8 nitrogen and oxygen atoms in total. The zero-order valence-corrected chi connectivity index (χ0v) is 14.2. The van der Waals surface area contributed by atoms with Gasteiger partial charge >= 0.3 is 11.9 Å². The number of rotatable bonds is 8. The number of nitrogens with zero attached hydrogens (tertiary/aromatic N) is 2. The molecule has 0 aromatic heterocycles. The van der Waals surface area contributed by atoms with Crippen LogP contribution in [0.4, 0.5) is 0 Å². The molecule has 0 radical (unpaired) electrons. The van der Waals surface area contributed by atoms with Crippen LogP contribution >= 0.6 is 0 Å². The standard InChI is InChI=1S/C19H18N2O6/c22-16-12(4-1-6-14(16)18(24)25)10-20-8-3-9-21-11-13-5-2-7-15(17(13)23)19(26)27/h1-2,4-7,10-11,22-23H,3,8-9H2,(H,24,25)(H,26,27). The molecule has 0 heterocycles. The summed E-state index contributed by atoms with van der Waals surface area (Å²) in [7, 11) is 0. The van der Waals surface area contributed by atoms with E-state index in [0.29, 0.717) is 30.6 Å². The third-order valence-corrected chi connectivity index (χ3v) is 3.63. The summed E-state index contributed by atoms with van der Waals surface area (Å²) in [6.07, 6.45) is 3.37. The first-order valence-electron chi connectivity index (χ1n) is 8.02. The number of carboxylic acids is 2. The van der Waals surface area contributed by atoms with Crippen LogP contribution in [0.25, 0.3) is 0 Å². The largest absolute Gasteiger partial charge is 0.506 e. The fraction of sp³-hybridized carbons (Fsp3) is 0.158. The Morgan fingerprint density at radius 3 is 1.56 bits per heavy atom. The first-order valence-corrected chi connectivity index (χ1v) is 8.02. The second kappa shape index (κ2) is 9.14. The molecule has 0 saturated heterocycles. The molecule has 0 saturated carbocycles. The van der Waals surface area contributed by atoms with Crippen LogP contribution < -0.4 is 0 Å². The molecule has 2 aromatic carbocycles. The van der Waals surface area contributed by atoms with Gasteiger partial charge in [-0.2, -0.15) is 0 Å². The molecule has 0 aliphatic heterocycles. The van der Waals surface area contributed by atoms with Gasteiger partial charge in [0.25, 0.3) is 0 Å². The number of para-hydroxylation sites is 2. The predicted octanol–water partition coefficient (Wildman–Crippen LogP) is 2.42. The number of phenols is 2. The van der Waals surface area contributed by atoms with Crippen LogP contribution in [0.3, 0.4) is 0 Å². The molecule has 2 rings (SSSR count). The number of carboxylic acid groups (broad SMARTS) is 2. The number of aliphatic imine (C=N–C) groups is 2. The van der Waals surface area contributed by atoms with Crippen LogP contribution in [-0.2, 0) is 0 Å². The first kappa shape index (κ1) is 19.6. The Morgan fingerprint density at radius 1 is 0.778 bits per heavy atom. The number of aromatic hydroxyl groups is 2. The van der Waals surface area contributed by atoms with Gasteiger partial charge in [-0.25, -0.2) is 9.59 Å². The van der Waals surface area contributed by atoms with Crippen LogP contribution in [0.15, 0.2) is 46.4 Å². The Kier molecular flexibility index (Phi) is 6.65. The maximum Gasteiger partial charge on any atom is 0.339 e. The Labute approximate surface area is 154 Å². The topological polar surface area (TPSA) is 140 Å². The van der Waals surface area contributed by atoms with E-state index >= 15 is 0 Å². The summed E-state index contributed by atoms with van der Waals surface area (Å²) in [6.45, 7) is 0.796. The molecule has 27 heavy (non-hydrogen) atoms. The van der Waals surface area contributed by atoms with E-state index in [2.05, 4.69) is 9.98 Å². The monoisotopic (exact) mass is 370 g/mol. The van der Waals surface area contributed by atoms with Crippen molar-refractivity contribution in [2.75, 3.05) is 13.1 Å². The highest BCUT2D eigenvalue weighted by Gasteiger charge is 2.12. The minimum absolute atomic E-state index is 0.188. The van der Waals surface area contributed by atoms with Gasteiger partial charge in [-0.15, -0.1) is 0 Å². The van der Waals surface area contributed by atoms with Crippen molar-refractivity contribution >= 4 is 24.4 Å². The molecule has 4 N–H and O–H groups in total. The molecule has 0 spiro atoms. The lowest BCUT2D eigenvalue weighted by atomic mass is 10.1. The zero-order valence-electron chi connectivity index (χ0n) is 14.2. The highest BCUT2D eigenvalue weighted by Crippen LogP contribution is 2.21. The van der Waals surface area contributed by atoms with E-state index in [4.69, 9.17) is 10.2 Å². The van der Waals surface area contributed by atoms with Gasteiger partial charge in [-0.3, -0.25) is 9.98 Å². The lowest BCUT2D eigenvalue weighted by Gasteiger charge is -2.02. The van der Waals surface area contributed by atoms with Crippen molar-refractivity contribution in [1.82, 2.24) is 0 Å². The van der Waals surface area contributed by atoms with Gasteiger partial charge in [0.05, 0.1) is 0 Å². The average molecular weight is 370 g/mol. The van der Waals surface area contributed by atoms with Crippen molar-refractivity contribution in [3.63, 3.8) is 0 Å². The molecule has 0 aliphatic rings. The van der Waals surface area contributed by atoms with Gasteiger partial charge in [-0.05, 0) is 30.7 Å². The molecule has 8 heteroatoms. The molecule has 0 aliphatic carbocycles. The van der Waals surface area contributed by atoms with E-state index in [1.54, 1.807) is 12.1 Å². The number of benzene rings is 2. The van der Waals surface area contributed by atoms with Crippen molar-refractivity contribution in [3.05, 3.63) is 58.7 Å². The lowest BCUT2D eigenvalue weighted by Crippen LogP contribution is -1.99. The van der Waals surface area contributed by atoms with Crippen molar-refractivity contribution in [2.45, 2.75) is 6.42 Å². The van der Waals surface area contributed by atoms with E-state index in [-0.39, 0.29) is 22.6 Å². The highest BCUT2D eigenvalue weighted by atomic mass is 16.4. The second-order valence-corrected chi connectivity index (χ2v) is 5.52. The van der Waals surface area contributed by atoms with E-state index in [1.165, 1.54) is 36.7 Å². The summed E-state index contributed by atoms with van der Waals surface area (Å²) < 4.78 is 0. The van der Waals surface area contributed by atoms with E-state index in [9.17, 15) is 19.8 Å². The quantitative estimate of drug-likeness (QED) is 0.415. The fourth-order valence-corrected chi connectivity index (χ4v) is 2.26. The van der Waals surface area contributed by atoms with E-state index in [1.807, 2.05) is 0 Å². The zero-order chi connectivity index (χ0) is 19.8. The van der Waals surface area contributed by atoms with E-state index in [0.717, 1.165) is 0 Å². The molecular formula is C19H18N2O6. The summed E-state index contributed by atoms with van der Waals surface area (Å²) in [6, 6.07) is 8.76. The molecule has 0 bridgehead atoms. The normalized spacial score (nSPS) is 11.3. The second-order valence-electron chi connectivity index (χ2n) is 5.52. The molecular weight excluding hydrogens is 352 g/mol. The molecule has 0 atom stereocenters. The van der Waals surface area contributed by atoms with Crippen LogP contribution in [-0.4, -0.2) is 57.9 Å². The molecule has 140 valence electrons. The summed E-state index contributed by atoms with van der Waals surface area (Å²) >= 11 is 0. The van der Waals surface area contributed by atoms with Crippen molar-refractivity contribution < 1.29 is 30.0 Å². The van der Waals surface area contributed by atoms with Crippen LogP contribution in [0.1, 0.15) is 38.3 Å².